The fourth-order valence-electron chi connectivity index (χ4n) is 3.29. The molecule has 140 valence electrons. The van der Waals surface area contributed by atoms with Gasteiger partial charge in [0, 0.05) is 16.8 Å². The Morgan fingerprint density at radius 3 is 2.54 bits per heavy atom. The smallest absolute Gasteiger partial charge is 0.255 e. The quantitative estimate of drug-likeness (QED) is 0.492. The molecule has 5 heteroatoms. The standard InChI is InChI=1S/C23H19FN2O2/c1-13-11-14(2)21-20(12-13)26-23(28-21)18-5-4-6-19(15(18)3)25-22(27)16-7-9-17(24)10-8-16/h4-12H,1-3H3,(H,25,27). The number of anilines is 1. The van der Waals surface area contributed by atoms with Gasteiger partial charge in [0.1, 0.15) is 11.3 Å². The Morgan fingerprint density at radius 1 is 1.04 bits per heavy atom. The van der Waals surface area contributed by atoms with Crippen molar-refractivity contribution >= 4 is 22.7 Å². The van der Waals surface area contributed by atoms with Crippen molar-refractivity contribution < 1.29 is 13.6 Å². The second-order valence-corrected chi connectivity index (χ2v) is 6.89. The van der Waals surface area contributed by atoms with Crippen LogP contribution in [-0.4, -0.2) is 10.9 Å². The Labute approximate surface area is 162 Å². The largest absolute Gasteiger partial charge is 0.436 e. The number of amides is 1. The van der Waals surface area contributed by atoms with E-state index >= 15 is 0 Å². The molecule has 4 aromatic rings. The molecule has 0 unspecified atom stereocenters. The van der Waals surface area contributed by atoms with Crippen LogP contribution in [0.3, 0.4) is 0 Å². The van der Waals surface area contributed by atoms with Crippen LogP contribution in [0.15, 0.2) is 59.0 Å². The van der Waals surface area contributed by atoms with Crippen LogP contribution in [0.1, 0.15) is 27.0 Å². The van der Waals surface area contributed by atoms with Crippen LogP contribution in [0.25, 0.3) is 22.6 Å². The van der Waals surface area contributed by atoms with E-state index in [4.69, 9.17) is 4.42 Å². The minimum absolute atomic E-state index is 0.302. The summed E-state index contributed by atoms with van der Waals surface area (Å²) in [6, 6.07) is 15.1. The predicted octanol–water partition coefficient (Wildman–Crippen LogP) is 5.81. The highest BCUT2D eigenvalue weighted by atomic mass is 19.1. The molecule has 0 aliphatic heterocycles. The summed E-state index contributed by atoms with van der Waals surface area (Å²) in [6.07, 6.45) is 0. The molecule has 0 aliphatic carbocycles. The number of carbonyl (C=O) groups is 1. The molecule has 0 spiro atoms. The molecule has 0 bridgehead atoms. The first-order valence-corrected chi connectivity index (χ1v) is 8.97. The zero-order valence-corrected chi connectivity index (χ0v) is 15.8. The van der Waals surface area contributed by atoms with Gasteiger partial charge < -0.3 is 9.73 Å². The lowest BCUT2D eigenvalue weighted by atomic mass is 10.1. The molecule has 1 heterocycles. The molecular formula is C23H19FN2O2. The molecule has 4 rings (SSSR count). The molecule has 3 aromatic carbocycles. The fourth-order valence-corrected chi connectivity index (χ4v) is 3.29. The lowest BCUT2D eigenvalue weighted by Gasteiger charge is -2.11. The van der Waals surface area contributed by atoms with Crippen molar-refractivity contribution in [2.75, 3.05) is 5.32 Å². The van der Waals surface area contributed by atoms with E-state index in [9.17, 15) is 9.18 Å². The van der Waals surface area contributed by atoms with Gasteiger partial charge in [-0.15, -0.1) is 0 Å². The Morgan fingerprint density at radius 2 is 1.79 bits per heavy atom. The zero-order valence-electron chi connectivity index (χ0n) is 15.8. The summed E-state index contributed by atoms with van der Waals surface area (Å²) in [5.74, 6) is -0.167. The van der Waals surface area contributed by atoms with Crippen molar-refractivity contribution in [1.82, 2.24) is 4.98 Å². The number of fused-ring (bicyclic) bond motifs is 1. The second kappa shape index (κ2) is 6.93. The number of rotatable bonds is 3. The summed E-state index contributed by atoms with van der Waals surface area (Å²) in [5, 5.41) is 2.88. The number of aryl methyl sites for hydroxylation is 2. The van der Waals surface area contributed by atoms with Crippen LogP contribution >= 0.6 is 0 Å². The van der Waals surface area contributed by atoms with Crippen molar-refractivity contribution in [3.05, 3.63) is 82.7 Å². The van der Waals surface area contributed by atoms with Crippen LogP contribution in [0.5, 0.6) is 0 Å². The van der Waals surface area contributed by atoms with Gasteiger partial charge in [-0.2, -0.15) is 0 Å². The van der Waals surface area contributed by atoms with Gasteiger partial charge >= 0.3 is 0 Å². The number of halogens is 1. The summed E-state index contributed by atoms with van der Waals surface area (Å²) >= 11 is 0. The molecule has 1 aromatic heterocycles. The van der Waals surface area contributed by atoms with Crippen molar-refractivity contribution in [3.63, 3.8) is 0 Å². The Kier molecular flexibility index (Phi) is 4.43. The molecule has 0 radical (unpaired) electrons. The molecule has 1 amide bonds. The number of carbonyl (C=O) groups excluding carboxylic acids is 1. The van der Waals surface area contributed by atoms with Gasteiger partial charge in [-0.25, -0.2) is 9.37 Å². The molecule has 0 aliphatic rings. The lowest BCUT2D eigenvalue weighted by molar-refractivity contribution is 0.102. The highest BCUT2D eigenvalue weighted by Gasteiger charge is 2.16. The Hall–Kier alpha value is -3.47. The molecule has 4 nitrogen and oxygen atoms in total. The van der Waals surface area contributed by atoms with Crippen molar-refractivity contribution in [2.45, 2.75) is 20.8 Å². The maximum Gasteiger partial charge on any atom is 0.255 e. The minimum atomic E-state index is -0.379. The molecule has 28 heavy (non-hydrogen) atoms. The monoisotopic (exact) mass is 374 g/mol. The molecule has 0 atom stereocenters. The summed E-state index contributed by atoms with van der Waals surface area (Å²) in [7, 11) is 0. The van der Waals surface area contributed by atoms with Crippen LogP contribution in [0.4, 0.5) is 10.1 Å². The molecule has 0 saturated carbocycles. The van der Waals surface area contributed by atoms with Crippen LogP contribution in [0, 0.1) is 26.6 Å². The summed E-state index contributed by atoms with van der Waals surface area (Å²) in [6.45, 7) is 5.93. The van der Waals surface area contributed by atoms with E-state index in [1.165, 1.54) is 24.3 Å². The van der Waals surface area contributed by atoms with Gasteiger partial charge in [-0.3, -0.25) is 4.79 Å². The van der Waals surface area contributed by atoms with E-state index in [-0.39, 0.29) is 11.7 Å². The predicted molar refractivity (Wildman–Crippen MR) is 108 cm³/mol. The first-order chi connectivity index (χ1) is 13.4. The number of benzene rings is 3. The van der Waals surface area contributed by atoms with E-state index in [0.29, 0.717) is 17.1 Å². The SMILES string of the molecule is Cc1cc(C)c2oc(-c3cccc(NC(=O)c4ccc(F)cc4)c3C)nc2c1. The maximum atomic E-state index is 13.1. The van der Waals surface area contributed by atoms with Gasteiger partial charge in [0.15, 0.2) is 5.58 Å². The summed E-state index contributed by atoms with van der Waals surface area (Å²) in [4.78, 5) is 17.1. The van der Waals surface area contributed by atoms with Gasteiger partial charge in [0.2, 0.25) is 5.89 Å². The van der Waals surface area contributed by atoms with E-state index in [2.05, 4.69) is 16.4 Å². The Bertz CT molecular complexity index is 1190. The topological polar surface area (TPSA) is 55.1 Å². The average molecular weight is 374 g/mol. The van der Waals surface area contributed by atoms with Gasteiger partial charge in [0.25, 0.3) is 5.91 Å². The second-order valence-electron chi connectivity index (χ2n) is 6.89. The van der Waals surface area contributed by atoms with Gasteiger partial charge in [-0.1, -0.05) is 12.1 Å². The number of nitrogens with one attached hydrogen (secondary N) is 1. The van der Waals surface area contributed by atoms with Crippen molar-refractivity contribution in [1.29, 1.82) is 0 Å². The number of aromatic nitrogens is 1. The third kappa shape index (κ3) is 3.27. The van der Waals surface area contributed by atoms with Gasteiger partial charge in [-0.05, 0) is 79.9 Å². The summed E-state index contributed by atoms with van der Waals surface area (Å²) < 4.78 is 19.1. The van der Waals surface area contributed by atoms with Crippen molar-refractivity contribution in [3.8, 4) is 11.5 Å². The van der Waals surface area contributed by atoms with Crippen LogP contribution in [-0.2, 0) is 0 Å². The minimum Gasteiger partial charge on any atom is -0.436 e. The number of hydrogen-bond donors (Lipinski definition) is 1. The fraction of sp³-hybridized carbons (Fsp3) is 0.130. The first-order valence-electron chi connectivity index (χ1n) is 8.97. The molecule has 1 N–H and O–H groups in total. The molecule has 0 fully saturated rings. The molecule has 0 saturated heterocycles. The van der Waals surface area contributed by atoms with Crippen LogP contribution in [0.2, 0.25) is 0 Å². The van der Waals surface area contributed by atoms with Crippen LogP contribution < -0.4 is 5.32 Å². The zero-order chi connectivity index (χ0) is 19.8. The number of nitrogens with zero attached hydrogens (tertiary/aromatic N) is 1. The first kappa shape index (κ1) is 17.9. The van der Waals surface area contributed by atoms with Crippen molar-refractivity contribution in [2.24, 2.45) is 0 Å². The molecular weight excluding hydrogens is 355 g/mol. The summed E-state index contributed by atoms with van der Waals surface area (Å²) in [5.41, 5.74) is 6.44. The van der Waals surface area contributed by atoms with Gasteiger partial charge in [0.05, 0.1) is 0 Å². The average Bonchev–Trinajstić information content (AvgIpc) is 3.08. The highest BCUT2D eigenvalue weighted by molar-refractivity contribution is 6.05. The Balaban J connectivity index is 1.70. The third-order valence-corrected chi connectivity index (χ3v) is 4.74. The van der Waals surface area contributed by atoms with E-state index < -0.39 is 0 Å². The normalized spacial score (nSPS) is 11.0. The number of hydrogen-bond acceptors (Lipinski definition) is 3. The lowest BCUT2D eigenvalue weighted by Crippen LogP contribution is -2.13. The maximum absolute atomic E-state index is 13.1. The highest BCUT2D eigenvalue weighted by Crippen LogP contribution is 2.32. The van der Waals surface area contributed by atoms with E-state index in [0.717, 1.165) is 33.4 Å². The third-order valence-electron chi connectivity index (χ3n) is 4.74. The van der Waals surface area contributed by atoms with E-state index in [1.54, 1.807) is 0 Å². The van der Waals surface area contributed by atoms with E-state index in [1.807, 2.05) is 45.0 Å². The number of oxazole rings is 1.